The van der Waals surface area contributed by atoms with Crippen molar-refractivity contribution in [2.75, 3.05) is 5.73 Å². The van der Waals surface area contributed by atoms with Gasteiger partial charge in [0.2, 0.25) is 5.13 Å². The SMILES string of the molecule is Cn1c(C(C)(C)C)ccc(-c2nnc(N)s2)c1=O. The summed E-state index contributed by atoms with van der Waals surface area (Å²) in [5.41, 5.74) is 6.91. The highest BCUT2D eigenvalue weighted by Gasteiger charge is 2.19. The second-order valence-corrected chi connectivity index (χ2v) is 6.20. The molecule has 0 bridgehead atoms. The van der Waals surface area contributed by atoms with Crippen LogP contribution in [-0.2, 0) is 12.5 Å². The zero-order valence-corrected chi connectivity index (χ0v) is 11.7. The Morgan fingerprint density at radius 2 is 1.94 bits per heavy atom. The number of pyridine rings is 1. The van der Waals surface area contributed by atoms with E-state index in [0.29, 0.717) is 15.7 Å². The summed E-state index contributed by atoms with van der Waals surface area (Å²) < 4.78 is 1.66. The molecule has 6 heteroatoms. The Morgan fingerprint density at radius 1 is 1.28 bits per heavy atom. The average Bonchev–Trinajstić information content (AvgIpc) is 2.67. The van der Waals surface area contributed by atoms with E-state index in [2.05, 4.69) is 31.0 Å². The Balaban J connectivity index is 2.61. The first-order valence-corrected chi connectivity index (χ1v) is 6.42. The zero-order chi connectivity index (χ0) is 13.5. The Morgan fingerprint density at radius 3 is 2.44 bits per heavy atom. The number of nitrogens with zero attached hydrogens (tertiary/aromatic N) is 3. The van der Waals surface area contributed by atoms with Crippen LogP contribution in [0.15, 0.2) is 16.9 Å². The molecule has 18 heavy (non-hydrogen) atoms. The van der Waals surface area contributed by atoms with Crippen LogP contribution < -0.4 is 11.3 Å². The van der Waals surface area contributed by atoms with Gasteiger partial charge in [0.05, 0.1) is 5.56 Å². The molecule has 2 aromatic rings. The van der Waals surface area contributed by atoms with Crippen molar-refractivity contribution in [2.24, 2.45) is 7.05 Å². The highest BCUT2D eigenvalue weighted by Crippen LogP contribution is 2.25. The maximum absolute atomic E-state index is 12.3. The van der Waals surface area contributed by atoms with Crippen molar-refractivity contribution in [3.8, 4) is 10.6 Å². The fourth-order valence-corrected chi connectivity index (χ4v) is 2.52. The Labute approximate surface area is 109 Å². The van der Waals surface area contributed by atoms with E-state index in [0.717, 1.165) is 5.69 Å². The van der Waals surface area contributed by atoms with Crippen molar-refractivity contribution in [3.63, 3.8) is 0 Å². The molecule has 96 valence electrons. The summed E-state index contributed by atoms with van der Waals surface area (Å²) >= 11 is 1.22. The molecule has 0 atom stereocenters. The molecule has 0 radical (unpaired) electrons. The first-order chi connectivity index (χ1) is 8.30. The lowest BCUT2D eigenvalue weighted by Gasteiger charge is -2.22. The Bertz CT molecular complexity index is 636. The molecule has 0 fully saturated rings. The molecule has 5 nitrogen and oxygen atoms in total. The molecule has 0 amide bonds. The minimum Gasteiger partial charge on any atom is -0.374 e. The van der Waals surface area contributed by atoms with Gasteiger partial charge >= 0.3 is 0 Å². The lowest BCUT2D eigenvalue weighted by Crippen LogP contribution is -2.28. The summed E-state index contributed by atoms with van der Waals surface area (Å²) in [7, 11) is 1.77. The van der Waals surface area contributed by atoms with Crippen molar-refractivity contribution in [3.05, 3.63) is 28.2 Å². The third-order valence-electron chi connectivity index (χ3n) is 2.74. The highest BCUT2D eigenvalue weighted by atomic mass is 32.1. The van der Waals surface area contributed by atoms with Gasteiger partial charge in [-0.15, -0.1) is 10.2 Å². The molecule has 2 aromatic heterocycles. The van der Waals surface area contributed by atoms with Gasteiger partial charge in [-0.25, -0.2) is 0 Å². The largest absolute Gasteiger partial charge is 0.374 e. The predicted molar refractivity (Wildman–Crippen MR) is 73.7 cm³/mol. The number of nitrogen functional groups attached to an aromatic ring is 1. The Kier molecular flexibility index (Phi) is 2.98. The van der Waals surface area contributed by atoms with Gasteiger partial charge in [-0.1, -0.05) is 32.1 Å². The molecule has 0 saturated heterocycles. The molecule has 0 aliphatic rings. The van der Waals surface area contributed by atoms with Gasteiger partial charge in [0.1, 0.15) is 0 Å². The maximum Gasteiger partial charge on any atom is 0.260 e. The van der Waals surface area contributed by atoms with E-state index in [-0.39, 0.29) is 11.0 Å². The molecule has 0 unspecified atom stereocenters. The van der Waals surface area contributed by atoms with E-state index in [1.54, 1.807) is 17.7 Å². The number of hydrogen-bond acceptors (Lipinski definition) is 5. The van der Waals surface area contributed by atoms with E-state index < -0.39 is 0 Å². The van der Waals surface area contributed by atoms with E-state index >= 15 is 0 Å². The van der Waals surface area contributed by atoms with Gasteiger partial charge in [-0.2, -0.15) is 0 Å². The molecule has 0 aliphatic carbocycles. The summed E-state index contributed by atoms with van der Waals surface area (Å²) in [4.78, 5) is 12.3. The summed E-state index contributed by atoms with van der Waals surface area (Å²) in [6, 6.07) is 3.75. The zero-order valence-electron chi connectivity index (χ0n) is 10.9. The average molecular weight is 264 g/mol. The fourth-order valence-electron chi connectivity index (χ4n) is 1.89. The number of anilines is 1. The molecule has 2 N–H and O–H groups in total. The first-order valence-electron chi connectivity index (χ1n) is 5.60. The van der Waals surface area contributed by atoms with Crippen molar-refractivity contribution in [2.45, 2.75) is 26.2 Å². The summed E-state index contributed by atoms with van der Waals surface area (Å²) in [6.45, 7) is 6.22. The standard InChI is InChI=1S/C12H16N4OS/c1-12(2,3)8-6-5-7(10(17)16(8)4)9-14-15-11(13)18-9/h5-6H,1-4H3,(H2,13,15). The van der Waals surface area contributed by atoms with E-state index in [9.17, 15) is 4.79 Å². The van der Waals surface area contributed by atoms with Crippen LogP contribution in [0.1, 0.15) is 26.5 Å². The number of hydrogen-bond donors (Lipinski definition) is 1. The van der Waals surface area contributed by atoms with Crippen LogP contribution in [0.2, 0.25) is 0 Å². The summed E-state index contributed by atoms with van der Waals surface area (Å²) in [6.07, 6.45) is 0. The van der Waals surface area contributed by atoms with Gasteiger partial charge in [-0.05, 0) is 12.1 Å². The van der Waals surface area contributed by atoms with Crippen LogP contribution in [0.3, 0.4) is 0 Å². The quantitative estimate of drug-likeness (QED) is 0.852. The van der Waals surface area contributed by atoms with E-state index in [1.165, 1.54) is 11.3 Å². The van der Waals surface area contributed by atoms with E-state index in [1.807, 2.05) is 6.07 Å². The van der Waals surface area contributed by atoms with Gasteiger partial charge in [-0.3, -0.25) is 4.79 Å². The lowest BCUT2D eigenvalue weighted by molar-refractivity contribution is 0.531. The monoisotopic (exact) mass is 264 g/mol. The molecule has 2 heterocycles. The van der Waals surface area contributed by atoms with Crippen molar-refractivity contribution < 1.29 is 0 Å². The first kappa shape index (κ1) is 12.8. The fraction of sp³-hybridized carbons (Fsp3) is 0.417. The van der Waals surface area contributed by atoms with Gasteiger partial charge in [0, 0.05) is 18.2 Å². The molecule has 0 spiro atoms. The normalized spacial score (nSPS) is 11.8. The topological polar surface area (TPSA) is 73.8 Å². The second-order valence-electron chi connectivity index (χ2n) is 5.19. The third kappa shape index (κ3) is 2.15. The van der Waals surface area contributed by atoms with Gasteiger partial charge in [0.25, 0.3) is 5.56 Å². The molecular formula is C12H16N4OS. The molecular weight excluding hydrogens is 248 g/mol. The second kappa shape index (κ2) is 4.20. The van der Waals surface area contributed by atoms with Crippen LogP contribution in [0, 0.1) is 0 Å². The molecule has 0 aromatic carbocycles. The molecule has 2 rings (SSSR count). The third-order valence-corrected chi connectivity index (χ3v) is 3.53. The minimum absolute atomic E-state index is 0.0708. The highest BCUT2D eigenvalue weighted by molar-refractivity contribution is 7.18. The van der Waals surface area contributed by atoms with Crippen LogP contribution in [0.5, 0.6) is 0 Å². The van der Waals surface area contributed by atoms with Gasteiger partial charge < -0.3 is 10.3 Å². The minimum atomic E-state index is -0.0768. The molecule has 0 aliphatic heterocycles. The van der Waals surface area contributed by atoms with Crippen LogP contribution >= 0.6 is 11.3 Å². The van der Waals surface area contributed by atoms with Crippen molar-refractivity contribution >= 4 is 16.5 Å². The predicted octanol–water partition coefficient (Wildman–Crippen LogP) is 1.78. The number of nitrogens with two attached hydrogens (primary N) is 1. The summed E-state index contributed by atoms with van der Waals surface area (Å²) in [5, 5.41) is 8.57. The van der Waals surface area contributed by atoms with Crippen molar-refractivity contribution in [1.29, 1.82) is 0 Å². The van der Waals surface area contributed by atoms with Gasteiger partial charge in [0.15, 0.2) is 5.01 Å². The lowest BCUT2D eigenvalue weighted by atomic mass is 9.91. The van der Waals surface area contributed by atoms with Crippen LogP contribution in [0.25, 0.3) is 10.6 Å². The van der Waals surface area contributed by atoms with Crippen LogP contribution in [-0.4, -0.2) is 14.8 Å². The maximum atomic E-state index is 12.3. The Hall–Kier alpha value is -1.69. The number of rotatable bonds is 1. The van der Waals surface area contributed by atoms with Crippen LogP contribution in [0.4, 0.5) is 5.13 Å². The number of aromatic nitrogens is 3. The smallest absolute Gasteiger partial charge is 0.260 e. The van der Waals surface area contributed by atoms with E-state index in [4.69, 9.17) is 5.73 Å². The molecule has 0 saturated carbocycles. The van der Waals surface area contributed by atoms with Crippen molar-refractivity contribution in [1.82, 2.24) is 14.8 Å². The summed E-state index contributed by atoms with van der Waals surface area (Å²) in [5.74, 6) is 0.